The van der Waals surface area contributed by atoms with Crippen molar-refractivity contribution in [1.29, 1.82) is 0 Å². The van der Waals surface area contributed by atoms with E-state index in [-0.39, 0.29) is 5.69 Å². The maximum atomic E-state index is 10.8. The molecule has 1 saturated heterocycles. The van der Waals surface area contributed by atoms with Crippen molar-refractivity contribution in [3.05, 3.63) is 58.6 Å². The molecule has 1 fully saturated rings. The standard InChI is InChI=1S/C20H25N3O4/c1-2-26-20-9-4-3-8-19(20)22-12-10-21(11-13-22)14-15-27-18-7-5-6-17(16-18)23(24)25/h3-9,16H,2,10-15H2,1H3. The molecule has 3 rings (SSSR count). The van der Waals surface area contributed by atoms with E-state index in [1.165, 1.54) is 12.1 Å². The van der Waals surface area contributed by atoms with Gasteiger partial charge in [0.05, 0.1) is 23.3 Å². The monoisotopic (exact) mass is 371 g/mol. The van der Waals surface area contributed by atoms with Crippen molar-refractivity contribution in [3.63, 3.8) is 0 Å². The summed E-state index contributed by atoms with van der Waals surface area (Å²) in [6, 6.07) is 14.5. The van der Waals surface area contributed by atoms with E-state index in [1.54, 1.807) is 12.1 Å². The second kappa shape index (κ2) is 9.23. The van der Waals surface area contributed by atoms with Crippen molar-refractivity contribution in [2.45, 2.75) is 6.92 Å². The van der Waals surface area contributed by atoms with Crippen molar-refractivity contribution < 1.29 is 14.4 Å². The topological polar surface area (TPSA) is 68.1 Å². The molecule has 0 unspecified atom stereocenters. The van der Waals surface area contributed by atoms with Crippen LogP contribution in [0, 0.1) is 10.1 Å². The lowest BCUT2D eigenvalue weighted by atomic mass is 10.2. The third kappa shape index (κ3) is 5.10. The average Bonchev–Trinajstić information content (AvgIpc) is 2.69. The molecule has 0 bridgehead atoms. The summed E-state index contributed by atoms with van der Waals surface area (Å²) in [6.45, 7) is 7.71. The minimum absolute atomic E-state index is 0.0501. The fraction of sp³-hybridized carbons (Fsp3) is 0.400. The van der Waals surface area contributed by atoms with Gasteiger partial charge in [-0.3, -0.25) is 15.0 Å². The molecule has 0 aliphatic carbocycles. The smallest absolute Gasteiger partial charge is 0.273 e. The molecule has 1 heterocycles. The molecule has 0 radical (unpaired) electrons. The van der Waals surface area contributed by atoms with Gasteiger partial charge >= 0.3 is 0 Å². The Labute approximate surface area is 159 Å². The molecule has 0 spiro atoms. The Kier molecular flexibility index (Phi) is 6.49. The van der Waals surface area contributed by atoms with Crippen molar-refractivity contribution in [3.8, 4) is 11.5 Å². The van der Waals surface area contributed by atoms with Crippen LogP contribution < -0.4 is 14.4 Å². The van der Waals surface area contributed by atoms with E-state index < -0.39 is 4.92 Å². The largest absolute Gasteiger partial charge is 0.492 e. The van der Waals surface area contributed by atoms with Crippen LogP contribution in [-0.2, 0) is 0 Å². The van der Waals surface area contributed by atoms with Gasteiger partial charge in [-0.15, -0.1) is 0 Å². The van der Waals surface area contributed by atoms with Crippen LogP contribution in [0.3, 0.4) is 0 Å². The van der Waals surface area contributed by atoms with Crippen LogP contribution in [0.5, 0.6) is 11.5 Å². The molecule has 2 aromatic rings. The van der Waals surface area contributed by atoms with Gasteiger partial charge in [0.2, 0.25) is 0 Å². The van der Waals surface area contributed by atoms with E-state index in [1.807, 2.05) is 25.1 Å². The van der Waals surface area contributed by atoms with E-state index in [0.717, 1.165) is 44.2 Å². The average molecular weight is 371 g/mol. The highest BCUT2D eigenvalue weighted by atomic mass is 16.6. The molecule has 144 valence electrons. The summed E-state index contributed by atoms with van der Waals surface area (Å²) in [5.41, 5.74) is 1.20. The number of hydrogen-bond donors (Lipinski definition) is 0. The summed E-state index contributed by atoms with van der Waals surface area (Å²) in [4.78, 5) is 15.1. The SMILES string of the molecule is CCOc1ccccc1N1CCN(CCOc2cccc([N+](=O)[O-])c2)CC1. The Morgan fingerprint density at radius 3 is 2.56 bits per heavy atom. The Morgan fingerprint density at radius 2 is 1.81 bits per heavy atom. The molecule has 7 nitrogen and oxygen atoms in total. The number of anilines is 1. The van der Waals surface area contributed by atoms with Gasteiger partial charge in [-0.05, 0) is 25.1 Å². The zero-order valence-electron chi connectivity index (χ0n) is 15.5. The summed E-state index contributed by atoms with van der Waals surface area (Å²) in [5, 5.41) is 10.8. The van der Waals surface area contributed by atoms with E-state index in [4.69, 9.17) is 9.47 Å². The van der Waals surface area contributed by atoms with Gasteiger partial charge in [0.1, 0.15) is 18.1 Å². The molecule has 0 amide bonds. The lowest BCUT2D eigenvalue weighted by Crippen LogP contribution is -2.47. The summed E-state index contributed by atoms with van der Waals surface area (Å²) in [5.74, 6) is 1.47. The second-order valence-electron chi connectivity index (χ2n) is 6.33. The first kappa shape index (κ1) is 19.0. The van der Waals surface area contributed by atoms with Crippen LogP contribution in [-0.4, -0.2) is 55.8 Å². The number of nitro groups is 1. The minimum atomic E-state index is -0.411. The lowest BCUT2D eigenvalue weighted by molar-refractivity contribution is -0.384. The van der Waals surface area contributed by atoms with Crippen molar-refractivity contribution in [1.82, 2.24) is 4.90 Å². The maximum Gasteiger partial charge on any atom is 0.273 e. The number of hydrogen-bond acceptors (Lipinski definition) is 6. The number of nitro benzene ring substituents is 1. The van der Waals surface area contributed by atoms with E-state index in [9.17, 15) is 10.1 Å². The molecular formula is C20H25N3O4. The third-order valence-corrected chi connectivity index (χ3v) is 4.58. The maximum absolute atomic E-state index is 10.8. The highest BCUT2D eigenvalue weighted by molar-refractivity contribution is 5.58. The predicted octanol–water partition coefficient (Wildman–Crippen LogP) is 3.19. The first-order chi connectivity index (χ1) is 13.2. The highest BCUT2D eigenvalue weighted by Gasteiger charge is 2.19. The van der Waals surface area contributed by atoms with Crippen molar-refractivity contribution in [2.24, 2.45) is 0 Å². The first-order valence-electron chi connectivity index (χ1n) is 9.23. The summed E-state index contributed by atoms with van der Waals surface area (Å²) in [6.07, 6.45) is 0. The molecule has 1 aliphatic heterocycles. The van der Waals surface area contributed by atoms with Crippen LogP contribution in [0.4, 0.5) is 11.4 Å². The van der Waals surface area contributed by atoms with Crippen LogP contribution in [0.15, 0.2) is 48.5 Å². The minimum Gasteiger partial charge on any atom is -0.492 e. The number of nitrogens with zero attached hydrogens (tertiary/aromatic N) is 3. The second-order valence-corrected chi connectivity index (χ2v) is 6.33. The summed E-state index contributed by atoms with van der Waals surface area (Å²) in [7, 11) is 0. The highest BCUT2D eigenvalue weighted by Crippen LogP contribution is 2.28. The number of para-hydroxylation sites is 2. The number of non-ortho nitro benzene ring substituents is 1. The fourth-order valence-electron chi connectivity index (χ4n) is 3.19. The normalized spacial score (nSPS) is 14.8. The molecule has 0 aromatic heterocycles. The van der Waals surface area contributed by atoms with Gasteiger partial charge in [0.25, 0.3) is 5.69 Å². The Morgan fingerprint density at radius 1 is 1.04 bits per heavy atom. The Bertz CT molecular complexity index is 760. The quantitative estimate of drug-likeness (QED) is 0.524. The van der Waals surface area contributed by atoms with Gasteiger partial charge in [-0.2, -0.15) is 0 Å². The van der Waals surface area contributed by atoms with Crippen LogP contribution >= 0.6 is 0 Å². The molecule has 0 atom stereocenters. The molecule has 7 heteroatoms. The van der Waals surface area contributed by atoms with E-state index in [2.05, 4.69) is 15.9 Å². The van der Waals surface area contributed by atoms with E-state index in [0.29, 0.717) is 19.0 Å². The zero-order chi connectivity index (χ0) is 19.1. The van der Waals surface area contributed by atoms with Crippen molar-refractivity contribution >= 4 is 11.4 Å². The van der Waals surface area contributed by atoms with Gasteiger partial charge < -0.3 is 14.4 Å². The van der Waals surface area contributed by atoms with Gasteiger partial charge in [0, 0.05) is 38.8 Å². The number of piperazine rings is 1. The number of benzene rings is 2. The number of ether oxygens (including phenoxy) is 2. The van der Waals surface area contributed by atoms with Gasteiger partial charge in [-0.1, -0.05) is 18.2 Å². The summed E-state index contributed by atoms with van der Waals surface area (Å²) < 4.78 is 11.4. The third-order valence-electron chi connectivity index (χ3n) is 4.58. The Hall–Kier alpha value is -2.80. The number of rotatable bonds is 8. The Balaban J connectivity index is 1.46. The van der Waals surface area contributed by atoms with Crippen LogP contribution in [0.2, 0.25) is 0 Å². The van der Waals surface area contributed by atoms with Crippen LogP contribution in [0.1, 0.15) is 6.92 Å². The molecule has 2 aromatic carbocycles. The van der Waals surface area contributed by atoms with Crippen LogP contribution in [0.25, 0.3) is 0 Å². The molecule has 1 aliphatic rings. The fourth-order valence-corrected chi connectivity index (χ4v) is 3.19. The van der Waals surface area contributed by atoms with Gasteiger partial charge in [-0.25, -0.2) is 0 Å². The molecular weight excluding hydrogens is 346 g/mol. The van der Waals surface area contributed by atoms with E-state index >= 15 is 0 Å². The lowest BCUT2D eigenvalue weighted by Gasteiger charge is -2.36. The molecule has 0 N–H and O–H groups in total. The zero-order valence-corrected chi connectivity index (χ0v) is 15.5. The summed E-state index contributed by atoms with van der Waals surface area (Å²) >= 11 is 0. The van der Waals surface area contributed by atoms with Gasteiger partial charge in [0.15, 0.2) is 0 Å². The molecule has 27 heavy (non-hydrogen) atoms. The van der Waals surface area contributed by atoms with Crippen molar-refractivity contribution in [2.75, 3.05) is 50.8 Å². The molecule has 0 saturated carbocycles. The first-order valence-corrected chi connectivity index (χ1v) is 9.23. The predicted molar refractivity (Wildman–Crippen MR) is 105 cm³/mol.